The maximum Gasteiger partial charge on any atom is 0.185 e. The Labute approximate surface area is 108 Å². The fourth-order valence-corrected chi connectivity index (χ4v) is 3.58. The van der Waals surface area contributed by atoms with Crippen LogP contribution in [0.4, 0.5) is 5.13 Å². The van der Waals surface area contributed by atoms with Crippen molar-refractivity contribution in [2.75, 3.05) is 18.5 Å². The van der Waals surface area contributed by atoms with Gasteiger partial charge in [0.25, 0.3) is 0 Å². The van der Waals surface area contributed by atoms with Gasteiger partial charge >= 0.3 is 0 Å². The number of aromatic nitrogens is 1. The maximum atomic E-state index is 4.78. The van der Waals surface area contributed by atoms with Crippen molar-refractivity contribution >= 4 is 16.5 Å². The molecule has 4 heteroatoms. The summed E-state index contributed by atoms with van der Waals surface area (Å²) in [6, 6.07) is 1.08. The van der Waals surface area contributed by atoms with Gasteiger partial charge < -0.3 is 10.2 Å². The average molecular weight is 253 g/mol. The largest absolute Gasteiger partial charge is 0.345 e. The van der Waals surface area contributed by atoms with Gasteiger partial charge in [-0.05, 0) is 33.7 Å². The fourth-order valence-electron chi connectivity index (χ4n) is 2.52. The van der Waals surface area contributed by atoms with Gasteiger partial charge in [-0.1, -0.05) is 12.8 Å². The Morgan fingerprint density at radius 1 is 1.53 bits per heavy atom. The maximum absolute atomic E-state index is 4.78. The van der Waals surface area contributed by atoms with Crippen LogP contribution in [0.3, 0.4) is 0 Å². The second-order valence-corrected chi connectivity index (χ2v) is 5.63. The van der Waals surface area contributed by atoms with E-state index in [4.69, 9.17) is 4.98 Å². The van der Waals surface area contributed by atoms with Gasteiger partial charge in [-0.25, -0.2) is 4.98 Å². The molecular weight excluding hydrogens is 230 g/mol. The van der Waals surface area contributed by atoms with Gasteiger partial charge in [-0.15, -0.1) is 11.3 Å². The predicted octanol–water partition coefficient (Wildman–Crippen LogP) is 3.19. The van der Waals surface area contributed by atoms with E-state index in [-0.39, 0.29) is 0 Å². The molecule has 0 bridgehead atoms. The van der Waals surface area contributed by atoms with Crippen LogP contribution >= 0.6 is 11.3 Å². The average Bonchev–Trinajstić information content (AvgIpc) is 3.00. The highest BCUT2D eigenvalue weighted by Crippen LogP contribution is 2.31. The standard InChI is InChI=1S/C13H23N3S/c1-4-16(11-7-5-6-8-11)13-15-12(9-17-13)10(2)14-3/h9-11,14H,4-8H2,1-3H3. The third kappa shape index (κ3) is 2.80. The first-order valence-corrected chi connectivity index (χ1v) is 7.53. The lowest BCUT2D eigenvalue weighted by Crippen LogP contribution is -2.32. The molecule has 0 amide bonds. The molecule has 0 saturated heterocycles. The Hall–Kier alpha value is -0.610. The van der Waals surface area contributed by atoms with E-state index in [1.807, 2.05) is 7.05 Å². The Morgan fingerprint density at radius 2 is 2.24 bits per heavy atom. The highest BCUT2D eigenvalue weighted by Gasteiger charge is 2.24. The minimum Gasteiger partial charge on any atom is -0.345 e. The topological polar surface area (TPSA) is 28.2 Å². The quantitative estimate of drug-likeness (QED) is 0.873. The van der Waals surface area contributed by atoms with E-state index in [9.17, 15) is 0 Å². The van der Waals surface area contributed by atoms with Crippen molar-refractivity contribution < 1.29 is 0 Å². The number of hydrogen-bond acceptors (Lipinski definition) is 4. The molecule has 1 atom stereocenters. The molecule has 1 aliphatic rings. The number of rotatable bonds is 5. The van der Waals surface area contributed by atoms with Gasteiger partial charge in [-0.2, -0.15) is 0 Å². The summed E-state index contributed by atoms with van der Waals surface area (Å²) in [7, 11) is 1.98. The third-order valence-corrected chi connectivity index (χ3v) is 4.63. The van der Waals surface area contributed by atoms with E-state index in [2.05, 4.69) is 29.4 Å². The molecule has 1 N–H and O–H groups in total. The first-order valence-electron chi connectivity index (χ1n) is 6.65. The predicted molar refractivity (Wildman–Crippen MR) is 74.9 cm³/mol. The second-order valence-electron chi connectivity index (χ2n) is 4.79. The molecule has 1 fully saturated rings. The summed E-state index contributed by atoms with van der Waals surface area (Å²) in [6.07, 6.45) is 5.44. The first-order chi connectivity index (χ1) is 8.26. The molecule has 1 saturated carbocycles. The summed E-state index contributed by atoms with van der Waals surface area (Å²) in [5.41, 5.74) is 1.17. The SMILES string of the molecule is CCN(c1nc(C(C)NC)cs1)C1CCCC1. The molecule has 0 radical (unpaired) electrons. The van der Waals surface area contributed by atoms with Crippen molar-refractivity contribution in [3.8, 4) is 0 Å². The zero-order valence-corrected chi connectivity index (χ0v) is 11.9. The summed E-state index contributed by atoms with van der Waals surface area (Å²) in [4.78, 5) is 7.27. The minimum absolute atomic E-state index is 0.349. The van der Waals surface area contributed by atoms with Gasteiger partial charge in [-0.3, -0.25) is 0 Å². The molecular formula is C13H23N3S. The number of nitrogens with zero attached hydrogens (tertiary/aromatic N) is 2. The molecule has 17 heavy (non-hydrogen) atoms. The Kier molecular flexibility index (Phi) is 4.40. The van der Waals surface area contributed by atoms with Crippen LogP contribution in [0.5, 0.6) is 0 Å². The van der Waals surface area contributed by atoms with Gasteiger partial charge in [0.2, 0.25) is 0 Å². The summed E-state index contributed by atoms with van der Waals surface area (Å²) in [5.74, 6) is 0. The highest BCUT2D eigenvalue weighted by atomic mass is 32.1. The fraction of sp³-hybridized carbons (Fsp3) is 0.769. The van der Waals surface area contributed by atoms with Crippen molar-refractivity contribution in [1.82, 2.24) is 10.3 Å². The zero-order chi connectivity index (χ0) is 12.3. The van der Waals surface area contributed by atoms with E-state index in [0.717, 1.165) is 12.6 Å². The van der Waals surface area contributed by atoms with E-state index < -0.39 is 0 Å². The smallest absolute Gasteiger partial charge is 0.185 e. The molecule has 3 nitrogen and oxygen atoms in total. The van der Waals surface area contributed by atoms with Crippen LogP contribution < -0.4 is 10.2 Å². The van der Waals surface area contributed by atoms with Crippen LogP contribution in [-0.4, -0.2) is 24.6 Å². The highest BCUT2D eigenvalue weighted by molar-refractivity contribution is 7.13. The second kappa shape index (κ2) is 5.83. The van der Waals surface area contributed by atoms with Gasteiger partial charge in [0.15, 0.2) is 5.13 Å². The van der Waals surface area contributed by atoms with Crippen LogP contribution in [0, 0.1) is 0 Å². The van der Waals surface area contributed by atoms with E-state index in [1.165, 1.54) is 36.5 Å². The van der Waals surface area contributed by atoms with Crippen molar-refractivity contribution in [3.05, 3.63) is 11.1 Å². The number of nitrogens with one attached hydrogen (secondary N) is 1. The first kappa shape index (κ1) is 12.8. The molecule has 0 aromatic carbocycles. The minimum atomic E-state index is 0.349. The van der Waals surface area contributed by atoms with Gasteiger partial charge in [0, 0.05) is 24.0 Å². The molecule has 1 aliphatic carbocycles. The molecule has 96 valence electrons. The lowest BCUT2D eigenvalue weighted by Gasteiger charge is -2.27. The summed E-state index contributed by atoms with van der Waals surface area (Å²) in [5, 5.41) is 6.64. The van der Waals surface area contributed by atoms with Crippen molar-refractivity contribution in [2.45, 2.75) is 51.6 Å². The Balaban J connectivity index is 2.11. The molecule has 1 aromatic heterocycles. The van der Waals surface area contributed by atoms with Crippen molar-refractivity contribution in [3.63, 3.8) is 0 Å². The summed E-state index contributed by atoms with van der Waals surface area (Å²) < 4.78 is 0. The van der Waals surface area contributed by atoms with E-state index in [1.54, 1.807) is 11.3 Å². The molecule has 1 aromatic rings. The van der Waals surface area contributed by atoms with Crippen LogP contribution in [0.2, 0.25) is 0 Å². The Morgan fingerprint density at radius 3 is 2.82 bits per heavy atom. The van der Waals surface area contributed by atoms with Gasteiger partial charge in [0.1, 0.15) is 0 Å². The lowest BCUT2D eigenvalue weighted by molar-refractivity contribution is 0.608. The molecule has 0 aliphatic heterocycles. The number of anilines is 1. The van der Waals surface area contributed by atoms with Crippen LogP contribution in [0.25, 0.3) is 0 Å². The summed E-state index contributed by atoms with van der Waals surface area (Å²) in [6.45, 7) is 5.47. The van der Waals surface area contributed by atoms with Gasteiger partial charge in [0.05, 0.1) is 5.69 Å². The molecule has 1 unspecified atom stereocenters. The normalized spacial score (nSPS) is 18.5. The molecule has 1 heterocycles. The van der Waals surface area contributed by atoms with Crippen LogP contribution in [0.1, 0.15) is 51.3 Å². The van der Waals surface area contributed by atoms with E-state index in [0.29, 0.717) is 6.04 Å². The van der Waals surface area contributed by atoms with E-state index >= 15 is 0 Å². The lowest BCUT2D eigenvalue weighted by atomic mass is 10.2. The molecule has 2 rings (SSSR count). The third-order valence-electron chi connectivity index (χ3n) is 3.74. The van der Waals surface area contributed by atoms with Crippen molar-refractivity contribution in [2.24, 2.45) is 0 Å². The van der Waals surface area contributed by atoms with Crippen molar-refractivity contribution in [1.29, 1.82) is 0 Å². The van der Waals surface area contributed by atoms with Crippen LogP contribution in [-0.2, 0) is 0 Å². The van der Waals surface area contributed by atoms with Crippen LogP contribution in [0.15, 0.2) is 5.38 Å². The summed E-state index contributed by atoms with van der Waals surface area (Å²) >= 11 is 1.79. The number of hydrogen-bond donors (Lipinski definition) is 1. The monoisotopic (exact) mass is 253 g/mol. The molecule has 0 spiro atoms. The Bertz CT molecular complexity index is 344. The number of thiazole rings is 1. The zero-order valence-electron chi connectivity index (χ0n) is 11.1.